The van der Waals surface area contributed by atoms with Crippen LogP contribution in [0.1, 0.15) is 22.3 Å². The van der Waals surface area contributed by atoms with Gasteiger partial charge in [0.1, 0.15) is 0 Å². The molecule has 0 fully saturated rings. The van der Waals surface area contributed by atoms with Gasteiger partial charge in [0.05, 0.1) is 33.5 Å². The molecule has 0 saturated heterocycles. The van der Waals surface area contributed by atoms with Gasteiger partial charge in [0.2, 0.25) is 0 Å². The lowest BCUT2D eigenvalue weighted by Crippen LogP contribution is -2.35. The van der Waals surface area contributed by atoms with Gasteiger partial charge in [-0.1, -0.05) is 182 Å². The average Bonchev–Trinajstić information content (AvgIpc) is 3.63. The molecule has 10 aromatic rings. The van der Waals surface area contributed by atoms with Crippen LogP contribution in [0, 0.1) is 0 Å². The van der Waals surface area contributed by atoms with Gasteiger partial charge >= 0.3 is 0 Å². The number of hydrogen-bond donors (Lipinski definition) is 0. The smallest absolute Gasteiger partial charge is 0.160 e. The molecule has 1 atom stereocenters. The molecule has 3 nitrogen and oxygen atoms in total. The van der Waals surface area contributed by atoms with Gasteiger partial charge in [-0.05, 0) is 63.7 Å². The van der Waals surface area contributed by atoms with Gasteiger partial charge in [-0.15, -0.1) is 0 Å². The molecule has 0 aliphatic carbocycles. The summed E-state index contributed by atoms with van der Waals surface area (Å²) in [7, 11) is 0. The predicted molar refractivity (Wildman–Crippen MR) is 230 cm³/mol. The molecule has 8 aromatic carbocycles. The first-order valence-corrected chi connectivity index (χ1v) is 19.2. The van der Waals surface area contributed by atoms with Gasteiger partial charge in [-0.3, -0.25) is 0 Å². The molecule has 0 bridgehead atoms. The molecule has 262 valence electrons. The number of benzene rings is 8. The Morgan fingerprint density at radius 1 is 0.357 bits per heavy atom. The molecular weight excluding hydrogens is 679 g/mol. The van der Waals surface area contributed by atoms with Crippen LogP contribution in [-0.4, -0.2) is 14.5 Å². The Balaban J connectivity index is 1.12. The second kappa shape index (κ2) is 12.9. The number of rotatable bonds is 6. The molecule has 1 unspecified atom stereocenters. The monoisotopic (exact) mass is 713 g/mol. The molecule has 3 heterocycles. The topological polar surface area (TPSA) is 30.7 Å². The molecule has 0 amide bonds. The van der Waals surface area contributed by atoms with E-state index in [1.165, 1.54) is 49.7 Å². The highest BCUT2D eigenvalue weighted by Crippen LogP contribution is 2.54. The Morgan fingerprint density at radius 2 is 0.875 bits per heavy atom. The van der Waals surface area contributed by atoms with Crippen molar-refractivity contribution in [2.45, 2.75) is 5.41 Å². The molecule has 0 N–H and O–H groups in total. The normalized spacial score (nSPS) is 14.5. The van der Waals surface area contributed by atoms with Crippen LogP contribution >= 0.6 is 0 Å². The molecule has 3 heteroatoms. The number of aromatic nitrogens is 3. The van der Waals surface area contributed by atoms with Crippen molar-refractivity contribution in [1.29, 1.82) is 0 Å². The highest BCUT2D eigenvalue weighted by atomic mass is 15.0. The van der Waals surface area contributed by atoms with Crippen molar-refractivity contribution in [1.82, 2.24) is 14.5 Å². The van der Waals surface area contributed by atoms with E-state index in [2.05, 4.69) is 205 Å². The lowest BCUT2D eigenvalue weighted by molar-refractivity contribution is 0.728. The predicted octanol–water partition coefficient (Wildman–Crippen LogP) is 12.9. The number of hydrogen-bond acceptors (Lipinski definition) is 2. The first-order valence-electron chi connectivity index (χ1n) is 19.2. The summed E-state index contributed by atoms with van der Waals surface area (Å²) >= 11 is 0. The van der Waals surface area contributed by atoms with Crippen molar-refractivity contribution in [3.05, 3.63) is 235 Å². The molecule has 0 spiro atoms. The Kier molecular flexibility index (Phi) is 7.39. The van der Waals surface area contributed by atoms with Gasteiger partial charge in [0.25, 0.3) is 0 Å². The summed E-state index contributed by atoms with van der Waals surface area (Å²) in [6.07, 6.45) is 0. The van der Waals surface area contributed by atoms with Crippen molar-refractivity contribution in [3.63, 3.8) is 0 Å². The fourth-order valence-electron chi connectivity index (χ4n) is 9.04. The third-order valence-corrected chi connectivity index (χ3v) is 11.5. The highest BCUT2D eigenvalue weighted by molar-refractivity contribution is 6.12. The van der Waals surface area contributed by atoms with Gasteiger partial charge in [-0.2, -0.15) is 0 Å². The molecule has 1 aliphatic rings. The summed E-state index contributed by atoms with van der Waals surface area (Å²) in [5.74, 6) is 0.699. The molecule has 0 saturated carbocycles. The molecule has 2 aromatic heterocycles. The Bertz CT molecular complexity index is 3020. The third kappa shape index (κ3) is 4.91. The minimum absolute atomic E-state index is 0.576. The molecule has 1 aliphatic heterocycles. The minimum atomic E-state index is -0.576. The van der Waals surface area contributed by atoms with E-state index in [4.69, 9.17) is 9.97 Å². The maximum Gasteiger partial charge on any atom is 0.160 e. The lowest BCUT2D eigenvalue weighted by Gasteiger charge is -2.42. The van der Waals surface area contributed by atoms with Crippen LogP contribution in [0.2, 0.25) is 0 Å². The molecule has 0 radical (unpaired) electrons. The highest BCUT2D eigenvalue weighted by Gasteiger charge is 2.45. The third-order valence-electron chi connectivity index (χ3n) is 11.5. The van der Waals surface area contributed by atoms with E-state index in [0.29, 0.717) is 5.82 Å². The van der Waals surface area contributed by atoms with Crippen LogP contribution in [0.15, 0.2) is 212 Å². The molecule has 11 rings (SSSR count). The fraction of sp³-hybridized carbons (Fsp3) is 0.0189. The summed E-state index contributed by atoms with van der Waals surface area (Å²) in [5.41, 5.74) is 15.2. The number of nitrogens with zero attached hydrogens (tertiary/aromatic N) is 3. The second-order valence-corrected chi connectivity index (χ2v) is 14.5. The summed E-state index contributed by atoms with van der Waals surface area (Å²) in [6.45, 7) is 0. The number of fused-ring (bicyclic) bond motifs is 5. The fourth-order valence-corrected chi connectivity index (χ4v) is 9.04. The van der Waals surface area contributed by atoms with Crippen LogP contribution in [0.4, 0.5) is 0 Å². The van der Waals surface area contributed by atoms with E-state index in [-0.39, 0.29) is 0 Å². The SMILES string of the molecule is c1ccc(-c2cc(-c3ccccc3)nc(-c3cccc(-c4cccc(C5(c6ccccc6)c6ccccc6-n6c7ccccc7c7cccc5c76)c4)c3)n2)cc1. The van der Waals surface area contributed by atoms with Crippen molar-refractivity contribution in [3.8, 4) is 50.7 Å². The number of para-hydroxylation sites is 3. The van der Waals surface area contributed by atoms with Gasteiger partial charge in [-0.25, -0.2) is 9.97 Å². The van der Waals surface area contributed by atoms with Crippen molar-refractivity contribution in [2.75, 3.05) is 0 Å². The second-order valence-electron chi connectivity index (χ2n) is 14.5. The summed E-state index contributed by atoms with van der Waals surface area (Å²) in [4.78, 5) is 10.3. The van der Waals surface area contributed by atoms with Gasteiger partial charge in [0, 0.05) is 27.5 Å². The van der Waals surface area contributed by atoms with Gasteiger partial charge in [0.15, 0.2) is 5.82 Å². The van der Waals surface area contributed by atoms with Crippen molar-refractivity contribution < 1.29 is 0 Å². The summed E-state index contributed by atoms with van der Waals surface area (Å²) in [5, 5.41) is 2.53. The molecule has 56 heavy (non-hydrogen) atoms. The van der Waals surface area contributed by atoms with Crippen LogP contribution in [0.3, 0.4) is 0 Å². The molecular formula is C53H35N3. The Hall–Kier alpha value is -7.36. The van der Waals surface area contributed by atoms with E-state index < -0.39 is 5.41 Å². The van der Waals surface area contributed by atoms with E-state index in [1.807, 2.05) is 12.1 Å². The largest absolute Gasteiger partial charge is 0.309 e. The maximum absolute atomic E-state index is 5.15. The standard InChI is InChI=1S/C53H35N3/c1-4-17-36(18-5-1)47-35-48(37-19-6-2-7-20-37)55-52(54-47)40-23-14-21-38(33-40)39-22-15-26-42(34-39)53(41-24-8-3-9-25-41)45-29-11-13-32-50(45)56-49-31-12-10-27-43(49)44-28-16-30-46(53)51(44)56/h1-35H. The van der Waals surface area contributed by atoms with Crippen molar-refractivity contribution >= 4 is 21.8 Å². The van der Waals surface area contributed by atoms with E-state index in [0.717, 1.165) is 39.2 Å². The zero-order chi connectivity index (χ0) is 37.1. The zero-order valence-electron chi connectivity index (χ0n) is 30.5. The van der Waals surface area contributed by atoms with Crippen LogP contribution < -0.4 is 0 Å². The first kappa shape index (κ1) is 32.1. The lowest BCUT2D eigenvalue weighted by atomic mass is 9.63. The van der Waals surface area contributed by atoms with E-state index in [1.54, 1.807) is 0 Å². The van der Waals surface area contributed by atoms with Crippen LogP contribution in [-0.2, 0) is 5.41 Å². The summed E-state index contributed by atoms with van der Waals surface area (Å²) < 4.78 is 2.48. The Labute approximate surface area is 325 Å². The minimum Gasteiger partial charge on any atom is -0.309 e. The first-order chi connectivity index (χ1) is 27.8. The van der Waals surface area contributed by atoms with E-state index in [9.17, 15) is 0 Å². The van der Waals surface area contributed by atoms with Crippen molar-refractivity contribution in [2.24, 2.45) is 0 Å². The van der Waals surface area contributed by atoms with E-state index >= 15 is 0 Å². The van der Waals surface area contributed by atoms with Crippen LogP contribution in [0.5, 0.6) is 0 Å². The Morgan fingerprint density at radius 3 is 1.62 bits per heavy atom. The zero-order valence-corrected chi connectivity index (χ0v) is 30.5. The van der Waals surface area contributed by atoms with Crippen LogP contribution in [0.25, 0.3) is 72.5 Å². The average molecular weight is 714 g/mol. The maximum atomic E-state index is 5.15. The van der Waals surface area contributed by atoms with Gasteiger partial charge < -0.3 is 4.57 Å². The summed E-state index contributed by atoms with van der Waals surface area (Å²) in [6, 6.07) is 76.3. The quantitative estimate of drug-likeness (QED) is 0.172.